The third-order valence-corrected chi connectivity index (χ3v) is 2.86. The van der Waals surface area contributed by atoms with Crippen LogP contribution in [0.2, 0.25) is 0 Å². The van der Waals surface area contributed by atoms with E-state index in [-0.39, 0.29) is 17.9 Å². The highest BCUT2D eigenvalue weighted by molar-refractivity contribution is 5.89. The molecule has 0 radical (unpaired) electrons. The lowest BCUT2D eigenvalue weighted by Crippen LogP contribution is -2.53. The maximum atomic E-state index is 12.7. The van der Waals surface area contributed by atoms with E-state index in [0.29, 0.717) is 12.2 Å². The zero-order chi connectivity index (χ0) is 12.3. The van der Waals surface area contributed by atoms with Crippen LogP contribution in [0.4, 0.5) is 14.9 Å². The Labute approximate surface area is 99.8 Å². The summed E-state index contributed by atoms with van der Waals surface area (Å²) in [6.45, 7) is 4.29. The van der Waals surface area contributed by atoms with Crippen LogP contribution >= 0.6 is 0 Å². The maximum absolute atomic E-state index is 12.7. The highest BCUT2D eigenvalue weighted by Gasteiger charge is 2.22. The molecule has 17 heavy (non-hydrogen) atoms. The molecule has 0 aromatic heterocycles. The molecule has 1 heterocycles. The van der Waals surface area contributed by atoms with E-state index in [9.17, 15) is 9.18 Å². The van der Waals surface area contributed by atoms with Crippen molar-refractivity contribution in [2.75, 3.05) is 25.0 Å². The number of halogens is 1. The zero-order valence-electron chi connectivity index (χ0n) is 9.74. The van der Waals surface area contributed by atoms with Gasteiger partial charge in [-0.1, -0.05) is 0 Å². The monoisotopic (exact) mass is 237 g/mol. The minimum Gasteiger partial charge on any atom is -0.319 e. The van der Waals surface area contributed by atoms with Gasteiger partial charge in [0.05, 0.1) is 0 Å². The van der Waals surface area contributed by atoms with Crippen molar-refractivity contribution in [3.8, 4) is 0 Å². The highest BCUT2D eigenvalue weighted by Crippen LogP contribution is 2.11. The molecule has 1 aliphatic rings. The normalized spacial score (nSPS) is 20.1. The summed E-state index contributed by atoms with van der Waals surface area (Å²) in [5.41, 5.74) is 0.613. The van der Waals surface area contributed by atoms with E-state index in [4.69, 9.17) is 0 Å². The first-order chi connectivity index (χ1) is 8.16. The molecule has 1 saturated heterocycles. The summed E-state index contributed by atoms with van der Waals surface area (Å²) in [6.07, 6.45) is 0. The summed E-state index contributed by atoms with van der Waals surface area (Å²) in [5, 5.41) is 5.98. The Bertz CT molecular complexity index is 393. The lowest BCUT2D eigenvalue weighted by molar-refractivity contribution is 0.177. The number of hydrogen-bond donors (Lipinski definition) is 2. The van der Waals surface area contributed by atoms with Crippen molar-refractivity contribution >= 4 is 11.7 Å². The Morgan fingerprint density at radius 3 is 2.82 bits per heavy atom. The molecule has 1 aromatic rings. The maximum Gasteiger partial charge on any atom is 0.322 e. The van der Waals surface area contributed by atoms with Crippen molar-refractivity contribution in [3.63, 3.8) is 0 Å². The van der Waals surface area contributed by atoms with Gasteiger partial charge in [-0.15, -0.1) is 0 Å². The van der Waals surface area contributed by atoms with E-state index in [0.717, 1.165) is 13.1 Å². The fourth-order valence-electron chi connectivity index (χ4n) is 1.87. The first-order valence-electron chi connectivity index (χ1n) is 5.71. The second-order valence-corrected chi connectivity index (χ2v) is 4.18. The van der Waals surface area contributed by atoms with E-state index in [2.05, 4.69) is 10.6 Å². The summed E-state index contributed by atoms with van der Waals surface area (Å²) in [6, 6.07) is 5.81. The van der Waals surface area contributed by atoms with E-state index in [1.165, 1.54) is 12.1 Å². The minimum atomic E-state index is -0.307. The topological polar surface area (TPSA) is 44.4 Å². The van der Waals surface area contributed by atoms with E-state index in [1.807, 2.05) is 6.92 Å². The van der Waals surface area contributed by atoms with Gasteiger partial charge in [0.25, 0.3) is 0 Å². The molecular weight excluding hydrogens is 221 g/mol. The molecule has 0 bridgehead atoms. The Morgan fingerprint density at radius 1 is 1.47 bits per heavy atom. The lowest BCUT2D eigenvalue weighted by atomic mass is 10.2. The highest BCUT2D eigenvalue weighted by atomic mass is 19.1. The molecule has 1 unspecified atom stereocenters. The van der Waals surface area contributed by atoms with Crippen LogP contribution in [0, 0.1) is 5.82 Å². The number of anilines is 1. The van der Waals surface area contributed by atoms with Crippen LogP contribution in [0.25, 0.3) is 0 Å². The van der Waals surface area contributed by atoms with Crippen molar-refractivity contribution in [2.45, 2.75) is 13.0 Å². The average molecular weight is 237 g/mol. The number of piperazine rings is 1. The van der Waals surface area contributed by atoms with Gasteiger partial charge < -0.3 is 15.5 Å². The summed E-state index contributed by atoms with van der Waals surface area (Å²) < 4.78 is 12.7. The molecule has 2 N–H and O–H groups in total. The van der Waals surface area contributed by atoms with E-state index < -0.39 is 0 Å². The van der Waals surface area contributed by atoms with Crippen LogP contribution in [-0.4, -0.2) is 36.6 Å². The molecule has 0 saturated carbocycles. The fourth-order valence-corrected chi connectivity index (χ4v) is 1.87. The molecule has 2 rings (SSSR count). The summed E-state index contributed by atoms with van der Waals surface area (Å²) in [4.78, 5) is 13.7. The van der Waals surface area contributed by atoms with Gasteiger partial charge in [0.15, 0.2) is 0 Å². The molecular formula is C12H16FN3O. The van der Waals surface area contributed by atoms with Gasteiger partial charge in [-0.3, -0.25) is 0 Å². The van der Waals surface area contributed by atoms with Crippen molar-refractivity contribution in [2.24, 2.45) is 0 Å². The standard InChI is InChI=1S/C12H16FN3O/c1-9-8-14-6-7-16(9)12(17)15-11-4-2-10(13)3-5-11/h2-5,9,14H,6-8H2,1H3,(H,15,17). The summed E-state index contributed by atoms with van der Waals surface area (Å²) in [7, 11) is 0. The van der Waals surface area contributed by atoms with E-state index in [1.54, 1.807) is 17.0 Å². The summed E-state index contributed by atoms with van der Waals surface area (Å²) in [5.74, 6) is -0.307. The van der Waals surface area contributed by atoms with Gasteiger partial charge in [-0.25, -0.2) is 9.18 Å². The van der Waals surface area contributed by atoms with Gasteiger partial charge in [-0.2, -0.15) is 0 Å². The van der Waals surface area contributed by atoms with Crippen LogP contribution in [0.3, 0.4) is 0 Å². The molecule has 2 amide bonds. The van der Waals surface area contributed by atoms with Crippen LogP contribution in [0.1, 0.15) is 6.92 Å². The third-order valence-electron chi connectivity index (χ3n) is 2.86. The van der Waals surface area contributed by atoms with Gasteiger partial charge in [0, 0.05) is 31.4 Å². The zero-order valence-corrected chi connectivity index (χ0v) is 9.74. The molecule has 92 valence electrons. The first-order valence-corrected chi connectivity index (χ1v) is 5.71. The second kappa shape index (κ2) is 5.14. The average Bonchev–Trinajstić information content (AvgIpc) is 2.32. The Balaban J connectivity index is 1.98. The number of carbonyl (C=O) groups excluding carboxylic acids is 1. The first kappa shape index (κ1) is 11.9. The quantitative estimate of drug-likeness (QED) is 0.780. The van der Waals surface area contributed by atoms with Crippen molar-refractivity contribution in [1.29, 1.82) is 0 Å². The van der Waals surface area contributed by atoms with Crippen LogP contribution in [-0.2, 0) is 0 Å². The Morgan fingerprint density at radius 2 is 2.18 bits per heavy atom. The predicted molar refractivity (Wildman–Crippen MR) is 64.5 cm³/mol. The number of urea groups is 1. The SMILES string of the molecule is CC1CNCCN1C(=O)Nc1ccc(F)cc1. The van der Waals surface area contributed by atoms with E-state index >= 15 is 0 Å². The Kier molecular flexibility index (Phi) is 3.58. The summed E-state index contributed by atoms with van der Waals surface area (Å²) >= 11 is 0. The number of hydrogen-bond acceptors (Lipinski definition) is 2. The number of carbonyl (C=O) groups is 1. The molecule has 1 fully saturated rings. The molecule has 5 heteroatoms. The smallest absolute Gasteiger partial charge is 0.319 e. The Hall–Kier alpha value is -1.62. The third kappa shape index (κ3) is 2.94. The molecule has 1 atom stereocenters. The van der Waals surface area contributed by atoms with Gasteiger partial charge in [0.2, 0.25) is 0 Å². The molecule has 1 aliphatic heterocycles. The minimum absolute atomic E-state index is 0.134. The number of benzene rings is 1. The van der Waals surface area contributed by atoms with Gasteiger partial charge >= 0.3 is 6.03 Å². The van der Waals surface area contributed by atoms with Gasteiger partial charge in [0.1, 0.15) is 5.82 Å². The van der Waals surface area contributed by atoms with Crippen molar-refractivity contribution in [1.82, 2.24) is 10.2 Å². The molecule has 1 aromatic carbocycles. The predicted octanol–water partition coefficient (Wildman–Crippen LogP) is 1.65. The van der Waals surface area contributed by atoms with Crippen LogP contribution in [0.5, 0.6) is 0 Å². The largest absolute Gasteiger partial charge is 0.322 e. The molecule has 0 spiro atoms. The number of nitrogens with zero attached hydrogens (tertiary/aromatic N) is 1. The van der Waals surface area contributed by atoms with Gasteiger partial charge in [-0.05, 0) is 31.2 Å². The molecule has 4 nitrogen and oxygen atoms in total. The second-order valence-electron chi connectivity index (χ2n) is 4.18. The van der Waals surface area contributed by atoms with Crippen LogP contribution < -0.4 is 10.6 Å². The molecule has 0 aliphatic carbocycles. The fraction of sp³-hybridized carbons (Fsp3) is 0.417. The lowest BCUT2D eigenvalue weighted by Gasteiger charge is -2.33. The number of rotatable bonds is 1. The van der Waals surface area contributed by atoms with Crippen molar-refractivity contribution < 1.29 is 9.18 Å². The van der Waals surface area contributed by atoms with Crippen LogP contribution in [0.15, 0.2) is 24.3 Å². The number of amides is 2. The van der Waals surface area contributed by atoms with Crippen molar-refractivity contribution in [3.05, 3.63) is 30.1 Å². The number of nitrogens with one attached hydrogen (secondary N) is 2.